The Kier molecular flexibility index (Phi) is 2.54. The fourth-order valence-corrected chi connectivity index (χ4v) is 0.889. The molecule has 1 aromatic rings. The largest absolute Gasteiger partial charge is 0.394 e. The molecule has 0 aliphatic rings. The highest BCUT2D eigenvalue weighted by atomic mass is 16.3. The highest BCUT2D eigenvalue weighted by molar-refractivity contribution is 5.59. The van der Waals surface area contributed by atoms with Crippen LogP contribution in [0, 0.1) is 0 Å². The second kappa shape index (κ2) is 3.44. The Morgan fingerprint density at radius 1 is 1.83 bits per heavy atom. The highest BCUT2D eigenvalue weighted by Crippen LogP contribution is 2.13. The molecule has 0 saturated heterocycles. The number of rotatable bonds is 3. The van der Waals surface area contributed by atoms with E-state index in [1.807, 2.05) is 0 Å². The first-order valence-electron chi connectivity index (χ1n) is 3.80. The molecule has 0 aliphatic carbocycles. The van der Waals surface area contributed by atoms with Crippen molar-refractivity contribution < 1.29 is 5.11 Å². The van der Waals surface area contributed by atoms with Crippen LogP contribution < -0.4 is 11.1 Å². The van der Waals surface area contributed by atoms with Crippen LogP contribution in [0.2, 0.25) is 0 Å². The monoisotopic (exact) mass is 170 g/mol. The number of aliphatic hydroxyl groups excluding tert-OH is 1. The third kappa shape index (κ3) is 2.13. The molecular formula is C7H14N4O. The van der Waals surface area contributed by atoms with Gasteiger partial charge in [-0.2, -0.15) is 5.10 Å². The molecular weight excluding hydrogens is 156 g/mol. The van der Waals surface area contributed by atoms with E-state index in [9.17, 15) is 0 Å². The van der Waals surface area contributed by atoms with E-state index in [1.165, 1.54) is 0 Å². The van der Waals surface area contributed by atoms with E-state index in [-0.39, 0.29) is 0 Å². The predicted octanol–water partition coefficient (Wildman–Crippen LogP) is -0.205. The Bertz CT molecular complexity index is 256. The molecule has 5 nitrogen and oxygen atoms in total. The van der Waals surface area contributed by atoms with E-state index in [0.717, 1.165) is 0 Å². The third-order valence-electron chi connectivity index (χ3n) is 1.42. The van der Waals surface area contributed by atoms with Crippen molar-refractivity contribution in [3.05, 3.63) is 6.20 Å². The number of aliphatic hydroxyl groups is 1. The van der Waals surface area contributed by atoms with Gasteiger partial charge in [-0.25, -0.2) is 0 Å². The molecule has 0 spiro atoms. The molecule has 4 N–H and O–H groups in total. The quantitative estimate of drug-likeness (QED) is 0.587. The number of aromatic nitrogens is 2. The zero-order valence-electron chi connectivity index (χ0n) is 7.28. The van der Waals surface area contributed by atoms with Crippen molar-refractivity contribution in [1.29, 1.82) is 0 Å². The molecule has 5 heteroatoms. The maximum absolute atomic E-state index is 8.97. The van der Waals surface area contributed by atoms with Gasteiger partial charge in [-0.05, 0) is 6.92 Å². The Morgan fingerprint density at radius 3 is 2.92 bits per heavy atom. The van der Waals surface area contributed by atoms with Crippen LogP contribution in [0.5, 0.6) is 0 Å². The number of aryl methyl sites for hydroxylation is 1. The molecule has 12 heavy (non-hydrogen) atoms. The SMILES string of the molecule is CC(O)CNc1nn(C)cc1N. The van der Waals surface area contributed by atoms with Crippen LogP contribution in [0.4, 0.5) is 11.5 Å². The second-order valence-corrected chi connectivity index (χ2v) is 2.84. The van der Waals surface area contributed by atoms with Gasteiger partial charge in [0.2, 0.25) is 0 Å². The predicted molar refractivity (Wildman–Crippen MR) is 47.8 cm³/mol. The summed E-state index contributed by atoms with van der Waals surface area (Å²) >= 11 is 0. The van der Waals surface area contributed by atoms with Crippen LogP contribution >= 0.6 is 0 Å². The lowest BCUT2D eigenvalue weighted by Gasteiger charge is -2.05. The molecule has 1 heterocycles. The number of nitrogens with two attached hydrogens (primary N) is 1. The highest BCUT2D eigenvalue weighted by Gasteiger charge is 2.03. The standard InChI is InChI=1S/C7H14N4O/c1-5(12)3-9-7-6(8)4-11(2)10-7/h4-5,12H,3,8H2,1-2H3,(H,9,10). The molecule has 1 aromatic heterocycles. The van der Waals surface area contributed by atoms with Crippen LogP contribution in [-0.2, 0) is 7.05 Å². The van der Waals surface area contributed by atoms with Gasteiger partial charge in [0, 0.05) is 19.8 Å². The zero-order chi connectivity index (χ0) is 9.14. The number of anilines is 2. The van der Waals surface area contributed by atoms with Gasteiger partial charge in [0.15, 0.2) is 5.82 Å². The Balaban J connectivity index is 2.57. The average molecular weight is 170 g/mol. The van der Waals surface area contributed by atoms with Gasteiger partial charge < -0.3 is 16.2 Å². The van der Waals surface area contributed by atoms with Gasteiger partial charge >= 0.3 is 0 Å². The van der Waals surface area contributed by atoms with Gasteiger partial charge in [0.1, 0.15) is 0 Å². The minimum atomic E-state index is -0.397. The molecule has 1 rings (SSSR count). The number of hydrogen-bond acceptors (Lipinski definition) is 4. The van der Waals surface area contributed by atoms with Crippen molar-refractivity contribution in [1.82, 2.24) is 9.78 Å². The van der Waals surface area contributed by atoms with Crippen LogP contribution in [0.15, 0.2) is 6.20 Å². The van der Waals surface area contributed by atoms with Crippen molar-refractivity contribution >= 4 is 11.5 Å². The number of hydrogen-bond donors (Lipinski definition) is 3. The molecule has 1 atom stereocenters. The molecule has 0 saturated carbocycles. The molecule has 1 unspecified atom stereocenters. The Morgan fingerprint density at radius 2 is 2.50 bits per heavy atom. The summed E-state index contributed by atoms with van der Waals surface area (Å²) in [6, 6.07) is 0. The van der Waals surface area contributed by atoms with E-state index in [2.05, 4.69) is 10.4 Å². The molecule has 0 aliphatic heterocycles. The summed E-state index contributed by atoms with van der Waals surface area (Å²) in [6.07, 6.45) is 1.32. The lowest BCUT2D eigenvalue weighted by Crippen LogP contribution is -2.16. The lowest BCUT2D eigenvalue weighted by molar-refractivity contribution is 0.208. The Hall–Kier alpha value is -1.23. The van der Waals surface area contributed by atoms with Crippen molar-refractivity contribution in [2.24, 2.45) is 7.05 Å². The summed E-state index contributed by atoms with van der Waals surface area (Å²) in [6.45, 7) is 2.16. The van der Waals surface area contributed by atoms with Gasteiger partial charge in [-0.1, -0.05) is 0 Å². The molecule has 68 valence electrons. The number of nitrogen functional groups attached to an aromatic ring is 1. The van der Waals surface area contributed by atoms with Crippen LogP contribution in [0.1, 0.15) is 6.92 Å². The van der Waals surface area contributed by atoms with Crippen LogP contribution in [0.3, 0.4) is 0 Å². The molecule has 0 radical (unpaired) electrons. The third-order valence-corrected chi connectivity index (χ3v) is 1.42. The van der Waals surface area contributed by atoms with Crippen LogP contribution in [0.25, 0.3) is 0 Å². The Labute approximate surface area is 71.2 Å². The van der Waals surface area contributed by atoms with Crippen LogP contribution in [-0.4, -0.2) is 27.5 Å². The summed E-state index contributed by atoms with van der Waals surface area (Å²) in [4.78, 5) is 0. The number of nitrogens with one attached hydrogen (secondary N) is 1. The van der Waals surface area contributed by atoms with E-state index in [1.54, 1.807) is 24.9 Å². The summed E-state index contributed by atoms with van der Waals surface area (Å²) in [7, 11) is 1.80. The average Bonchev–Trinajstić information content (AvgIpc) is 2.26. The fourth-order valence-electron chi connectivity index (χ4n) is 0.889. The maximum Gasteiger partial charge on any atom is 0.171 e. The van der Waals surface area contributed by atoms with E-state index < -0.39 is 6.10 Å². The van der Waals surface area contributed by atoms with Crippen molar-refractivity contribution in [3.63, 3.8) is 0 Å². The van der Waals surface area contributed by atoms with E-state index >= 15 is 0 Å². The first kappa shape index (κ1) is 8.86. The zero-order valence-corrected chi connectivity index (χ0v) is 7.28. The van der Waals surface area contributed by atoms with Crippen molar-refractivity contribution in [3.8, 4) is 0 Å². The number of nitrogens with zero attached hydrogens (tertiary/aromatic N) is 2. The van der Waals surface area contributed by atoms with E-state index in [4.69, 9.17) is 10.8 Å². The fraction of sp³-hybridized carbons (Fsp3) is 0.571. The second-order valence-electron chi connectivity index (χ2n) is 2.84. The van der Waals surface area contributed by atoms with Crippen molar-refractivity contribution in [2.45, 2.75) is 13.0 Å². The molecule has 0 bridgehead atoms. The van der Waals surface area contributed by atoms with Crippen molar-refractivity contribution in [2.75, 3.05) is 17.6 Å². The van der Waals surface area contributed by atoms with Gasteiger partial charge in [-0.15, -0.1) is 0 Å². The molecule has 0 aromatic carbocycles. The summed E-state index contributed by atoms with van der Waals surface area (Å²) in [5.41, 5.74) is 6.20. The smallest absolute Gasteiger partial charge is 0.171 e. The molecule has 0 fully saturated rings. The molecule has 0 amide bonds. The first-order chi connectivity index (χ1) is 5.59. The minimum Gasteiger partial charge on any atom is -0.394 e. The maximum atomic E-state index is 8.97. The van der Waals surface area contributed by atoms with E-state index in [0.29, 0.717) is 18.1 Å². The van der Waals surface area contributed by atoms with Gasteiger partial charge in [0.05, 0.1) is 11.8 Å². The minimum absolute atomic E-state index is 0.397. The normalized spacial score (nSPS) is 12.9. The van der Waals surface area contributed by atoms with Gasteiger partial charge in [0.25, 0.3) is 0 Å². The lowest BCUT2D eigenvalue weighted by atomic mass is 10.4. The summed E-state index contributed by atoms with van der Waals surface area (Å²) in [5.74, 6) is 0.624. The summed E-state index contributed by atoms with van der Waals surface area (Å²) in [5, 5.41) is 16.0. The topological polar surface area (TPSA) is 76.1 Å². The first-order valence-corrected chi connectivity index (χ1v) is 3.80. The van der Waals surface area contributed by atoms with Gasteiger partial charge in [-0.3, -0.25) is 4.68 Å². The summed E-state index contributed by atoms with van der Waals surface area (Å²) < 4.78 is 1.62.